The Morgan fingerprint density at radius 2 is 1.07 bits per heavy atom. The Hall–Kier alpha value is -0.780. The van der Waals surface area contributed by atoms with Gasteiger partial charge in [0, 0.05) is 25.0 Å². The van der Waals surface area contributed by atoms with Crippen LogP contribution in [0, 0.1) is 0 Å². The second-order valence-corrected chi connectivity index (χ2v) is 9.68. The van der Waals surface area contributed by atoms with Gasteiger partial charge in [0.25, 0.3) is 0 Å². The molecule has 5 heteroatoms. The zero-order valence-electron chi connectivity index (χ0n) is 19.0. The van der Waals surface area contributed by atoms with Crippen LogP contribution < -0.4 is 9.47 Å². The molecule has 0 spiro atoms. The summed E-state index contributed by atoms with van der Waals surface area (Å²) in [5, 5.41) is 0. The quantitative estimate of drug-likeness (QED) is 0.434. The molecule has 0 saturated heterocycles. The second-order valence-electron chi connectivity index (χ2n) is 8.66. The van der Waals surface area contributed by atoms with Gasteiger partial charge in [-0.1, -0.05) is 41.5 Å². The maximum atomic E-state index is 6.42. The molecule has 0 aliphatic rings. The van der Waals surface area contributed by atoms with Crippen LogP contribution in [0.2, 0.25) is 0 Å². The summed E-state index contributed by atoms with van der Waals surface area (Å²) in [5.41, 5.74) is 0.0228. The van der Waals surface area contributed by atoms with Crippen molar-refractivity contribution in [2.24, 2.45) is 0 Å². The summed E-state index contributed by atoms with van der Waals surface area (Å²) >= 11 is 1.84. The van der Waals surface area contributed by atoms with Crippen LogP contribution in [0.5, 0.6) is 11.5 Å². The lowest BCUT2D eigenvalue weighted by atomic mass is 9.86. The number of hydrogen-bond acceptors (Lipinski definition) is 5. The molecule has 0 N–H and O–H groups in total. The van der Waals surface area contributed by atoms with Crippen LogP contribution in [-0.2, 0) is 20.3 Å². The van der Waals surface area contributed by atoms with Crippen molar-refractivity contribution in [1.29, 1.82) is 0 Å². The topological polar surface area (TPSA) is 36.9 Å². The molecule has 1 aromatic heterocycles. The smallest absolute Gasteiger partial charge is 0.176 e. The van der Waals surface area contributed by atoms with Gasteiger partial charge in [0.1, 0.15) is 12.2 Å². The fourth-order valence-corrected chi connectivity index (χ4v) is 4.28. The molecule has 0 bridgehead atoms. The van der Waals surface area contributed by atoms with Crippen molar-refractivity contribution < 1.29 is 18.9 Å². The molecule has 2 atom stereocenters. The van der Waals surface area contributed by atoms with E-state index in [0.29, 0.717) is 13.2 Å². The van der Waals surface area contributed by atoms with Gasteiger partial charge in [0.2, 0.25) is 0 Å². The lowest BCUT2D eigenvalue weighted by Crippen LogP contribution is -2.24. The summed E-state index contributed by atoms with van der Waals surface area (Å²) in [6.45, 7) is 18.7. The third-order valence-electron chi connectivity index (χ3n) is 5.26. The van der Waals surface area contributed by atoms with Crippen molar-refractivity contribution in [2.45, 2.75) is 91.3 Å². The van der Waals surface area contributed by atoms with Crippen LogP contribution in [0.4, 0.5) is 0 Å². The van der Waals surface area contributed by atoms with Crippen LogP contribution >= 0.6 is 11.3 Å². The zero-order chi connectivity index (χ0) is 20.8. The van der Waals surface area contributed by atoms with Gasteiger partial charge in [0.15, 0.2) is 11.5 Å². The highest BCUT2D eigenvalue weighted by atomic mass is 32.1. The van der Waals surface area contributed by atoms with Gasteiger partial charge in [-0.2, -0.15) is 0 Å². The van der Waals surface area contributed by atoms with Crippen molar-refractivity contribution in [1.82, 2.24) is 0 Å². The monoisotopic (exact) mass is 400 g/mol. The van der Waals surface area contributed by atoms with E-state index in [2.05, 4.69) is 41.5 Å². The summed E-state index contributed by atoms with van der Waals surface area (Å²) in [5.74, 6) is 1.77. The Morgan fingerprint density at radius 1 is 0.741 bits per heavy atom. The Kier molecular flexibility index (Phi) is 9.10. The van der Waals surface area contributed by atoms with E-state index in [-0.39, 0.29) is 23.0 Å². The van der Waals surface area contributed by atoms with E-state index in [0.717, 1.165) is 24.3 Å². The molecule has 0 aromatic carbocycles. The van der Waals surface area contributed by atoms with E-state index in [9.17, 15) is 0 Å². The highest BCUT2D eigenvalue weighted by molar-refractivity contribution is 7.13. The second kappa shape index (κ2) is 10.1. The first-order valence-electron chi connectivity index (χ1n) is 10.0. The third kappa shape index (κ3) is 6.10. The van der Waals surface area contributed by atoms with Gasteiger partial charge in [-0.05, 0) is 26.7 Å². The van der Waals surface area contributed by atoms with Gasteiger partial charge < -0.3 is 18.9 Å². The predicted molar refractivity (Wildman–Crippen MR) is 115 cm³/mol. The first kappa shape index (κ1) is 24.3. The molecule has 158 valence electrons. The fraction of sp³-hybridized carbons (Fsp3) is 0.818. The molecule has 0 aliphatic heterocycles. The molecular weight excluding hydrogens is 360 g/mol. The standard InChI is InChI=1S/C22H40O4S/c1-11-21(5,6)19-17(25-15(3)13-23-9)18(26-16(4)14-24-10)20(27-19)22(7,8)12-2/h15-16H,11-14H2,1-10H3. The van der Waals surface area contributed by atoms with Crippen molar-refractivity contribution in [2.75, 3.05) is 27.4 Å². The average molecular weight is 401 g/mol. The molecule has 27 heavy (non-hydrogen) atoms. The zero-order valence-corrected chi connectivity index (χ0v) is 19.8. The number of hydrogen-bond donors (Lipinski definition) is 0. The number of thiophene rings is 1. The minimum absolute atomic E-state index is 0.0114. The van der Waals surface area contributed by atoms with E-state index in [1.165, 1.54) is 9.75 Å². The summed E-state index contributed by atoms with van der Waals surface area (Å²) in [6, 6.07) is 0. The van der Waals surface area contributed by atoms with Gasteiger partial charge >= 0.3 is 0 Å². The minimum atomic E-state index is -0.0475. The maximum absolute atomic E-state index is 6.42. The normalized spacial score (nSPS) is 14.9. The number of methoxy groups -OCH3 is 2. The van der Waals surface area contributed by atoms with Gasteiger partial charge in [-0.25, -0.2) is 0 Å². The van der Waals surface area contributed by atoms with Gasteiger partial charge in [-0.3, -0.25) is 0 Å². The Balaban J connectivity index is 3.58. The first-order valence-corrected chi connectivity index (χ1v) is 10.8. The molecule has 0 amide bonds. The third-order valence-corrected chi connectivity index (χ3v) is 7.14. The highest BCUT2D eigenvalue weighted by Crippen LogP contribution is 2.53. The fourth-order valence-electron chi connectivity index (χ4n) is 2.77. The number of rotatable bonds is 12. The Morgan fingerprint density at radius 3 is 1.33 bits per heavy atom. The van der Waals surface area contributed by atoms with Gasteiger partial charge in [-0.15, -0.1) is 11.3 Å². The van der Waals surface area contributed by atoms with Crippen molar-refractivity contribution in [3.05, 3.63) is 9.75 Å². The highest BCUT2D eigenvalue weighted by Gasteiger charge is 2.36. The lowest BCUT2D eigenvalue weighted by Gasteiger charge is -2.26. The van der Waals surface area contributed by atoms with Crippen molar-refractivity contribution in [3.8, 4) is 11.5 Å². The van der Waals surface area contributed by atoms with Crippen LogP contribution in [0.3, 0.4) is 0 Å². The van der Waals surface area contributed by atoms with E-state index in [1.54, 1.807) is 14.2 Å². The average Bonchev–Trinajstić information content (AvgIpc) is 2.95. The largest absolute Gasteiger partial charge is 0.483 e. The van der Waals surface area contributed by atoms with Crippen LogP contribution in [0.15, 0.2) is 0 Å². The van der Waals surface area contributed by atoms with Crippen LogP contribution in [-0.4, -0.2) is 39.6 Å². The van der Waals surface area contributed by atoms with E-state index in [1.807, 2.05) is 25.2 Å². The molecule has 1 rings (SSSR count). The molecule has 4 nitrogen and oxygen atoms in total. The lowest BCUT2D eigenvalue weighted by molar-refractivity contribution is 0.0733. The molecule has 0 fully saturated rings. The van der Waals surface area contributed by atoms with Gasteiger partial charge in [0.05, 0.1) is 23.0 Å². The summed E-state index contributed by atoms with van der Waals surface area (Å²) in [7, 11) is 3.40. The summed E-state index contributed by atoms with van der Waals surface area (Å²) in [6.07, 6.45) is 1.96. The summed E-state index contributed by atoms with van der Waals surface area (Å²) in [4.78, 5) is 2.51. The summed E-state index contributed by atoms with van der Waals surface area (Å²) < 4.78 is 23.4. The van der Waals surface area contributed by atoms with Crippen LogP contribution in [0.1, 0.15) is 78.0 Å². The van der Waals surface area contributed by atoms with Crippen LogP contribution in [0.25, 0.3) is 0 Å². The van der Waals surface area contributed by atoms with Crippen molar-refractivity contribution in [3.63, 3.8) is 0 Å². The van der Waals surface area contributed by atoms with E-state index in [4.69, 9.17) is 18.9 Å². The number of ether oxygens (including phenoxy) is 4. The molecule has 0 saturated carbocycles. The maximum Gasteiger partial charge on any atom is 0.176 e. The molecule has 1 heterocycles. The molecule has 2 unspecified atom stereocenters. The van der Waals surface area contributed by atoms with Crippen molar-refractivity contribution >= 4 is 11.3 Å². The Bertz CT molecular complexity index is 529. The SMILES string of the molecule is CCC(C)(C)c1sc(C(C)(C)CC)c(OC(C)COC)c1OC(C)COC. The predicted octanol–water partition coefficient (Wildman–Crippen LogP) is 5.95. The first-order chi connectivity index (χ1) is 12.5. The van der Waals surface area contributed by atoms with E-state index >= 15 is 0 Å². The van der Waals surface area contributed by atoms with E-state index < -0.39 is 0 Å². The molecular formula is C22H40O4S. The molecule has 1 aromatic rings. The Labute approximate surface area is 170 Å². The molecule has 0 aliphatic carbocycles. The minimum Gasteiger partial charge on any atom is -0.483 e. The molecule has 0 radical (unpaired) electrons.